The molecular formula is C27H29F3N8O2. The Labute approximate surface area is 228 Å². The van der Waals surface area contributed by atoms with Crippen LogP contribution in [-0.4, -0.2) is 60.8 Å². The van der Waals surface area contributed by atoms with Crippen molar-refractivity contribution in [3.05, 3.63) is 64.9 Å². The Bertz CT molecular complexity index is 1550. The molecule has 1 aliphatic heterocycles. The molecule has 0 saturated carbocycles. The number of halogens is 3. The van der Waals surface area contributed by atoms with Gasteiger partial charge in [-0.15, -0.1) is 5.10 Å². The highest BCUT2D eigenvalue weighted by Gasteiger charge is 2.36. The summed E-state index contributed by atoms with van der Waals surface area (Å²) in [5.41, 5.74) is 3.02. The van der Waals surface area contributed by atoms with E-state index in [1.54, 1.807) is 30.1 Å². The summed E-state index contributed by atoms with van der Waals surface area (Å²) in [6, 6.07) is 4.00. The Kier molecular flexibility index (Phi) is 7.32. The van der Waals surface area contributed by atoms with E-state index in [9.17, 15) is 18.0 Å². The van der Waals surface area contributed by atoms with Gasteiger partial charge in [-0.2, -0.15) is 18.3 Å². The van der Waals surface area contributed by atoms with Gasteiger partial charge in [0, 0.05) is 42.3 Å². The fourth-order valence-electron chi connectivity index (χ4n) is 4.85. The smallest absolute Gasteiger partial charge is 0.420 e. The molecule has 10 nitrogen and oxygen atoms in total. The molecule has 4 aromatic rings. The molecular weight excluding hydrogens is 525 g/mol. The lowest BCUT2D eigenvalue weighted by Crippen LogP contribution is -2.21. The SMILES string of the molecule is COc1c(CN2CCCC2)cc(NC(=O)c2cnc(C)c(-n3cc(-c4cnn(C)c4C)nn3)c2)cc1C(F)(F)F. The van der Waals surface area contributed by atoms with Crippen LogP contribution in [0.3, 0.4) is 0 Å². The van der Waals surface area contributed by atoms with Crippen molar-refractivity contribution in [3.63, 3.8) is 0 Å². The number of amides is 1. The van der Waals surface area contributed by atoms with Gasteiger partial charge in [-0.05, 0) is 58.0 Å². The Hall–Kier alpha value is -4.26. The standard InChI is InChI=1S/C27H29F3N8O2/c1-16-24(38-15-23(34-35-38)21-13-32-36(3)17(21)2)10-18(12-31-16)26(39)33-20-9-19(14-37-7-5-6-8-37)25(40-4)22(11-20)27(28,29)30/h9-13,15H,5-8,14H2,1-4H3,(H,33,39). The molecule has 0 spiro atoms. The maximum absolute atomic E-state index is 14.0. The van der Waals surface area contributed by atoms with Crippen molar-refractivity contribution >= 4 is 11.6 Å². The van der Waals surface area contributed by atoms with Gasteiger partial charge in [-0.25, -0.2) is 4.68 Å². The molecule has 1 N–H and O–H groups in total. The third kappa shape index (κ3) is 5.41. The first kappa shape index (κ1) is 27.3. The number of nitrogens with zero attached hydrogens (tertiary/aromatic N) is 7. The van der Waals surface area contributed by atoms with Crippen molar-refractivity contribution in [3.8, 4) is 22.7 Å². The molecule has 1 aliphatic rings. The Morgan fingerprint density at radius 3 is 2.52 bits per heavy atom. The highest BCUT2D eigenvalue weighted by molar-refractivity contribution is 6.04. The zero-order valence-electron chi connectivity index (χ0n) is 22.6. The van der Waals surface area contributed by atoms with E-state index >= 15 is 0 Å². The van der Waals surface area contributed by atoms with E-state index in [-0.39, 0.29) is 23.5 Å². The summed E-state index contributed by atoms with van der Waals surface area (Å²) in [5.74, 6) is -0.842. The maximum Gasteiger partial charge on any atom is 0.420 e. The normalized spacial score (nSPS) is 14.1. The van der Waals surface area contributed by atoms with Gasteiger partial charge in [0.15, 0.2) is 0 Å². The highest BCUT2D eigenvalue weighted by atomic mass is 19.4. The molecule has 1 amide bonds. The molecule has 1 fully saturated rings. The minimum Gasteiger partial charge on any atom is -0.496 e. The number of ether oxygens (including phenoxy) is 1. The number of aromatic nitrogens is 6. The number of methoxy groups -OCH3 is 1. The number of anilines is 1. The largest absolute Gasteiger partial charge is 0.496 e. The van der Waals surface area contributed by atoms with Gasteiger partial charge >= 0.3 is 6.18 Å². The van der Waals surface area contributed by atoms with E-state index < -0.39 is 17.6 Å². The molecule has 0 unspecified atom stereocenters. The number of nitrogens with one attached hydrogen (secondary N) is 1. The van der Waals surface area contributed by atoms with Crippen LogP contribution in [0.25, 0.3) is 16.9 Å². The third-order valence-corrected chi connectivity index (χ3v) is 7.10. The fraction of sp³-hybridized carbons (Fsp3) is 0.370. The van der Waals surface area contributed by atoms with E-state index in [2.05, 4.69) is 30.6 Å². The molecule has 40 heavy (non-hydrogen) atoms. The summed E-state index contributed by atoms with van der Waals surface area (Å²) in [6.45, 7) is 5.56. The van der Waals surface area contributed by atoms with Gasteiger partial charge in [0.1, 0.15) is 11.4 Å². The molecule has 1 saturated heterocycles. The lowest BCUT2D eigenvalue weighted by atomic mass is 10.1. The number of carbonyl (C=O) groups is 1. The van der Waals surface area contributed by atoms with Crippen molar-refractivity contribution in [1.82, 2.24) is 34.7 Å². The molecule has 0 atom stereocenters. The topological polar surface area (TPSA) is 103 Å². The van der Waals surface area contributed by atoms with Crippen LogP contribution < -0.4 is 10.1 Å². The summed E-state index contributed by atoms with van der Waals surface area (Å²) >= 11 is 0. The van der Waals surface area contributed by atoms with Crippen molar-refractivity contribution in [1.29, 1.82) is 0 Å². The molecule has 4 heterocycles. The van der Waals surface area contributed by atoms with Crippen LogP contribution in [0.4, 0.5) is 18.9 Å². The average molecular weight is 555 g/mol. The second kappa shape index (κ2) is 10.7. The summed E-state index contributed by atoms with van der Waals surface area (Å²) in [5, 5.41) is 15.3. The zero-order chi connectivity index (χ0) is 28.6. The molecule has 0 aliphatic carbocycles. The van der Waals surface area contributed by atoms with Crippen LogP contribution in [0.1, 0.15) is 45.7 Å². The summed E-state index contributed by atoms with van der Waals surface area (Å²) in [6.07, 6.45) is 2.09. The quantitative estimate of drug-likeness (QED) is 0.357. The molecule has 210 valence electrons. The van der Waals surface area contributed by atoms with Gasteiger partial charge in [0.25, 0.3) is 5.91 Å². The van der Waals surface area contributed by atoms with Gasteiger partial charge in [0.2, 0.25) is 0 Å². The fourth-order valence-corrected chi connectivity index (χ4v) is 4.85. The zero-order valence-corrected chi connectivity index (χ0v) is 22.6. The summed E-state index contributed by atoms with van der Waals surface area (Å²) in [7, 11) is 3.05. The Morgan fingerprint density at radius 1 is 1.12 bits per heavy atom. The van der Waals surface area contributed by atoms with Crippen LogP contribution >= 0.6 is 0 Å². The second-order valence-corrected chi connectivity index (χ2v) is 9.80. The van der Waals surface area contributed by atoms with Crippen LogP contribution in [-0.2, 0) is 19.8 Å². The van der Waals surface area contributed by atoms with Crippen LogP contribution in [0.2, 0.25) is 0 Å². The lowest BCUT2D eigenvalue weighted by molar-refractivity contribution is -0.138. The number of carbonyl (C=O) groups excluding carboxylic acids is 1. The number of likely N-dealkylation sites (tertiary alicyclic amines) is 1. The number of aryl methyl sites for hydroxylation is 2. The minimum atomic E-state index is -4.66. The van der Waals surface area contributed by atoms with E-state index in [1.165, 1.54) is 24.1 Å². The maximum atomic E-state index is 14.0. The summed E-state index contributed by atoms with van der Waals surface area (Å²) in [4.78, 5) is 19.6. The molecule has 0 bridgehead atoms. The van der Waals surface area contributed by atoms with Crippen molar-refractivity contribution in [2.75, 3.05) is 25.5 Å². The van der Waals surface area contributed by atoms with Gasteiger partial charge < -0.3 is 10.1 Å². The molecule has 5 rings (SSSR count). The van der Waals surface area contributed by atoms with E-state index in [0.717, 1.165) is 43.3 Å². The van der Waals surface area contributed by atoms with E-state index in [4.69, 9.17) is 4.74 Å². The van der Waals surface area contributed by atoms with Crippen molar-refractivity contribution in [2.45, 2.75) is 39.4 Å². The number of rotatable bonds is 7. The predicted octanol–water partition coefficient (Wildman–Crippen LogP) is 4.56. The van der Waals surface area contributed by atoms with E-state index in [0.29, 0.717) is 22.6 Å². The lowest BCUT2D eigenvalue weighted by Gasteiger charge is -2.21. The number of hydrogen-bond donors (Lipinski definition) is 1. The average Bonchev–Trinajstić information content (AvgIpc) is 3.66. The first-order valence-corrected chi connectivity index (χ1v) is 12.7. The van der Waals surface area contributed by atoms with Crippen molar-refractivity contribution < 1.29 is 22.7 Å². The third-order valence-electron chi connectivity index (χ3n) is 7.10. The number of alkyl halides is 3. The monoisotopic (exact) mass is 554 g/mol. The molecule has 1 aromatic carbocycles. The summed E-state index contributed by atoms with van der Waals surface area (Å²) < 4.78 is 50.3. The number of benzene rings is 1. The van der Waals surface area contributed by atoms with Gasteiger partial charge in [-0.1, -0.05) is 5.21 Å². The minimum absolute atomic E-state index is 0.0181. The van der Waals surface area contributed by atoms with E-state index in [1.807, 2.05) is 14.0 Å². The van der Waals surface area contributed by atoms with Crippen LogP contribution in [0.5, 0.6) is 5.75 Å². The second-order valence-electron chi connectivity index (χ2n) is 9.80. The number of pyridine rings is 1. The van der Waals surface area contributed by atoms with Crippen LogP contribution in [0, 0.1) is 13.8 Å². The molecule has 0 radical (unpaired) electrons. The molecule has 13 heteroatoms. The number of hydrogen-bond acceptors (Lipinski definition) is 7. The Balaban J connectivity index is 1.44. The first-order valence-electron chi connectivity index (χ1n) is 12.7. The predicted molar refractivity (Wildman–Crippen MR) is 141 cm³/mol. The Morgan fingerprint density at radius 2 is 1.88 bits per heavy atom. The first-order chi connectivity index (χ1) is 19.0. The van der Waals surface area contributed by atoms with Crippen molar-refractivity contribution in [2.24, 2.45) is 7.05 Å². The van der Waals surface area contributed by atoms with Crippen LogP contribution in [0.15, 0.2) is 36.8 Å². The highest BCUT2D eigenvalue weighted by Crippen LogP contribution is 2.41. The van der Waals surface area contributed by atoms with Gasteiger partial charge in [-0.3, -0.25) is 19.4 Å². The molecule has 3 aromatic heterocycles. The van der Waals surface area contributed by atoms with Gasteiger partial charge in [0.05, 0.1) is 42.0 Å².